The van der Waals surface area contributed by atoms with Gasteiger partial charge in [-0.25, -0.2) is 0 Å². The quantitative estimate of drug-likeness (QED) is 0.423. The van der Waals surface area contributed by atoms with E-state index in [2.05, 4.69) is 10.2 Å². The van der Waals surface area contributed by atoms with Gasteiger partial charge < -0.3 is 10.2 Å². The van der Waals surface area contributed by atoms with Crippen molar-refractivity contribution in [3.63, 3.8) is 0 Å². The summed E-state index contributed by atoms with van der Waals surface area (Å²) in [7, 11) is 0. The Hall–Kier alpha value is -2.57. The fourth-order valence-corrected chi connectivity index (χ4v) is 3.48. The third-order valence-electron chi connectivity index (χ3n) is 4.26. The topological polar surface area (TPSA) is 75.5 Å². The highest BCUT2D eigenvalue weighted by Gasteiger charge is 2.19. The van der Waals surface area contributed by atoms with E-state index in [1.54, 1.807) is 24.3 Å². The Kier molecular flexibility index (Phi) is 5.98. The highest BCUT2D eigenvalue weighted by molar-refractivity contribution is 6.34. The van der Waals surface area contributed by atoms with E-state index in [9.17, 15) is 14.9 Å². The van der Waals surface area contributed by atoms with Crippen LogP contribution in [0.25, 0.3) is 6.08 Å². The summed E-state index contributed by atoms with van der Waals surface area (Å²) < 4.78 is 0. The van der Waals surface area contributed by atoms with E-state index in [0.717, 1.165) is 31.6 Å². The Bertz CT molecular complexity index is 909. The molecule has 0 aliphatic carbocycles. The summed E-state index contributed by atoms with van der Waals surface area (Å²) in [4.78, 5) is 24.9. The van der Waals surface area contributed by atoms with Gasteiger partial charge in [0.05, 0.1) is 21.3 Å². The maximum Gasteiger partial charge on any atom is 0.288 e. The fraction of sp³-hybridized carbons (Fsp3) is 0.211. The molecule has 1 N–H and O–H groups in total. The lowest BCUT2D eigenvalue weighted by Gasteiger charge is -2.22. The summed E-state index contributed by atoms with van der Waals surface area (Å²) in [6.45, 7) is 1.80. The zero-order valence-electron chi connectivity index (χ0n) is 14.3. The van der Waals surface area contributed by atoms with Gasteiger partial charge in [0.1, 0.15) is 5.02 Å². The predicted molar refractivity (Wildman–Crippen MR) is 109 cm³/mol. The van der Waals surface area contributed by atoms with Crippen molar-refractivity contribution >= 4 is 52.2 Å². The fourth-order valence-electron chi connectivity index (χ4n) is 3.00. The smallest absolute Gasteiger partial charge is 0.288 e. The van der Waals surface area contributed by atoms with Gasteiger partial charge in [-0.1, -0.05) is 35.3 Å². The van der Waals surface area contributed by atoms with Gasteiger partial charge >= 0.3 is 0 Å². The molecule has 1 aliphatic rings. The first-order valence-corrected chi connectivity index (χ1v) is 9.18. The molecule has 1 heterocycles. The molecule has 0 spiro atoms. The first-order valence-electron chi connectivity index (χ1n) is 8.42. The zero-order valence-corrected chi connectivity index (χ0v) is 15.8. The lowest BCUT2D eigenvalue weighted by atomic mass is 10.2. The maximum atomic E-state index is 12.3. The van der Waals surface area contributed by atoms with Crippen LogP contribution in [-0.4, -0.2) is 23.9 Å². The van der Waals surface area contributed by atoms with Crippen LogP contribution in [-0.2, 0) is 4.79 Å². The molecule has 0 atom stereocenters. The maximum absolute atomic E-state index is 12.3. The van der Waals surface area contributed by atoms with Gasteiger partial charge in [0.15, 0.2) is 0 Å². The zero-order chi connectivity index (χ0) is 19.4. The van der Waals surface area contributed by atoms with Crippen LogP contribution < -0.4 is 10.2 Å². The third-order valence-corrected chi connectivity index (χ3v) is 4.89. The average Bonchev–Trinajstić information content (AvgIpc) is 3.15. The molecule has 0 bridgehead atoms. The number of nitro groups is 1. The van der Waals surface area contributed by atoms with Gasteiger partial charge in [-0.05, 0) is 42.7 Å². The van der Waals surface area contributed by atoms with Crippen molar-refractivity contribution in [1.82, 2.24) is 0 Å². The number of amides is 1. The second-order valence-electron chi connectivity index (χ2n) is 6.12. The monoisotopic (exact) mass is 405 g/mol. The van der Waals surface area contributed by atoms with Crippen LogP contribution in [0, 0.1) is 10.1 Å². The van der Waals surface area contributed by atoms with Crippen molar-refractivity contribution in [2.45, 2.75) is 12.8 Å². The Morgan fingerprint density at radius 1 is 1.15 bits per heavy atom. The minimum absolute atomic E-state index is 0.0517. The molecule has 0 radical (unpaired) electrons. The number of nitro benzene ring substituents is 1. The average molecular weight is 406 g/mol. The number of hydrogen-bond acceptors (Lipinski definition) is 4. The van der Waals surface area contributed by atoms with E-state index in [0.29, 0.717) is 16.3 Å². The lowest BCUT2D eigenvalue weighted by molar-refractivity contribution is -0.384. The summed E-state index contributed by atoms with van der Waals surface area (Å²) in [6, 6.07) is 9.74. The first-order chi connectivity index (χ1) is 13.0. The van der Waals surface area contributed by atoms with Gasteiger partial charge in [-0.15, -0.1) is 0 Å². The molecule has 27 heavy (non-hydrogen) atoms. The molecule has 1 saturated heterocycles. The molecule has 2 aromatic carbocycles. The number of carbonyl (C=O) groups excluding carboxylic acids is 1. The number of para-hydroxylation sites is 1. The summed E-state index contributed by atoms with van der Waals surface area (Å²) in [6.07, 6.45) is 5.00. The van der Waals surface area contributed by atoms with E-state index < -0.39 is 4.92 Å². The summed E-state index contributed by atoms with van der Waals surface area (Å²) >= 11 is 12.1. The van der Waals surface area contributed by atoms with Crippen molar-refractivity contribution in [3.8, 4) is 0 Å². The Morgan fingerprint density at radius 2 is 1.89 bits per heavy atom. The number of halogens is 2. The molecule has 1 amide bonds. The highest BCUT2D eigenvalue weighted by atomic mass is 35.5. The molecule has 1 fully saturated rings. The van der Waals surface area contributed by atoms with Crippen LogP contribution >= 0.6 is 23.2 Å². The highest BCUT2D eigenvalue weighted by Crippen LogP contribution is 2.36. The number of rotatable bonds is 5. The Labute approximate surface area is 166 Å². The minimum atomic E-state index is -0.561. The summed E-state index contributed by atoms with van der Waals surface area (Å²) in [5.74, 6) is -0.352. The van der Waals surface area contributed by atoms with Gasteiger partial charge in [-0.3, -0.25) is 14.9 Å². The molecule has 8 heteroatoms. The molecule has 0 unspecified atom stereocenters. The van der Waals surface area contributed by atoms with Crippen molar-refractivity contribution in [1.29, 1.82) is 0 Å². The SMILES string of the molecule is O=C(C=Cc1ccc(Cl)c([N+](=O)[O-])c1)Nc1cccc(Cl)c1N1CCCC1. The Balaban J connectivity index is 1.77. The predicted octanol–water partition coefficient (Wildman–Crippen LogP) is 5.15. The largest absolute Gasteiger partial charge is 0.369 e. The lowest BCUT2D eigenvalue weighted by Crippen LogP contribution is -2.21. The van der Waals surface area contributed by atoms with Crippen LogP contribution in [0.15, 0.2) is 42.5 Å². The number of nitrogens with one attached hydrogen (secondary N) is 1. The molecule has 1 aliphatic heterocycles. The molecule has 140 valence electrons. The van der Waals surface area contributed by atoms with Crippen LogP contribution in [0.4, 0.5) is 17.1 Å². The van der Waals surface area contributed by atoms with Gasteiger partial charge in [-0.2, -0.15) is 0 Å². The second-order valence-corrected chi connectivity index (χ2v) is 6.94. The van der Waals surface area contributed by atoms with E-state index in [4.69, 9.17) is 23.2 Å². The Morgan fingerprint density at radius 3 is 2.59 bits per heavy atom. The van der Waals surface area contributed by atoms with Gasteiger partial charge in [0.25, 0.3) is 5.69 Å². The van der Waals surface area contributed by atoms with Crippen LogP contribution in [0.3, 0.4) is 0 Å². The van der Waals surface area contributed by atoms with E-state index in [-0.39, 0.29) is 16.6 Å². The van der Waals surface area contributed by atoms with Crippen molar-refractivity contribution in [2.24, 2.45) is 0 Å². The molecule has 3 rings (SSSR count). The number of hydrogen-bond donors (Lipinski definition) is 1. The number of benzene rings is 2. The number of nitrogens with zero attached hydrogens (tertiary/aromatic N) is 2. The standard InChI is InChI=1S/C19H17Cl2N3O3/c20-14-8-6-13(12-17(14)24(26)27)7-9-18(25)22-16-5-3-4-15(21)19(16)23-10-1-2-11-23/h3-9,12H,1-2,10-11H2,(H,22,25). The minimum Gasteiger partial charge on any atom is -0.369 e. The van der Waals surface area contributed by atoms with Crippen molar-refractivity contribution in [2.75, 3.05) is 23.3 Å². The second kappa shape index (κ2) is 8.41. The molecule has 2 aromatic rings. The number of anilines is 2. The van der Waals surface area contributed by atoms with E-state index in [1.807, 2.05) is 0 Å². The molecule has 0 aromatic heterocycles. The summed E-state index contributed by atoms with van der Waals surface area (Å²) in [5.41, 5.74) is 1.76. The summed E-state index contributed by atoms with van der Waals surface area (Å²) in [5, 5.41) is 14.4. The molecular formula is C19H17Cl2N3O3. The normalized spacial score (nSPS) is 13.9. The van der Waals surface area contributed by atoms with Crippen LogP contribution in [0.1, 0.15) is 18.4 Å². The van der Waals surface area contributed by atoms with E-state index in [1.165, 1.54) is 24.3 Å². The van der Waals surface area contributed by atoms with Crippen molar-refractivity contribution in [3.05, 3.63) is 68.2 Å². The van der Waals surface area contributed by atoms with E-state index >= 15 is 0 Å². The van der Waals surface area contributed by atoms with Crippen molar-refractivity contribution < 1.29 is 9.72 Å². The van der Waals surface area contributed by atoms with Crippen LogP contribution in [0.2, 0.25) is 10.0 Å². The first kappa shape index (κ1) is 19.2. The molecule has 6 nitrogen and oxygen atoms in total. The van der Waals surface area contributed by atoms with Crippen LogP contribution in [0.5, 0.6) is 0 Å². The third kappa shape index (κ3) is 4.59. The molecule has 0 saturated carbocycles. The number of carbonyl (C=O) groups is 1. The molecular weight excluding hydrogens is 389 g/mol. The van der Waals surface area contributed by atoms with Gasteiger partial charge in [0.2, 0.25) is 5.91 Å². The van der Waals surface area contributed by atoms with Gasteiger partial charge in [0, 0.05) is 25.2 Å².